The molecule has 0 unspecified atom stereocenters. The first-order chi connectivity index (χ1) is 12.7. The van der Waals surface area contributed by atoms with Gasteiger partial charge in [0.15, 0.2) is 5.96 Å². The molecule has 1 fully saturated rings. The Morgan fingerprint density at radius 2 is 1.96 bits per heavy atom. The molecule has 7 heteroatoms. The Morgan fingerprint density at radius 1 is 1.19 bits per heavy atom. The molecule has 0 radical (unpaired) electrons. The molecular weight excluding hydrogens is 453 g/mol. The first-order valence-corrected chi connectivity index (χ1v) is 9.78. The lowest BCUT2D eigenvalue weighted by Gasteiger charge is -2.25. The average molecular weight is 487 g/mol. The molecular formula is C20H34IN5O. The third kappa shape index (κ3) is 8.92. The van der Waals surface area contributed by atoms with Crippen LogP contribution in [0.5, 0.6) is 0 Å². The zero-order chi connectivity index (χ0) is 18.6. The van der Waals surface area contributed by atoms with Crippen LogP contribution in [-0.4, -0.2) is 63.1 Å². The van der Waals surface area contributed by atoms with E-state index in [0.717, 1.165) is 44.1 Å². The van der Waals surface area contributed by atoms with Crippen LogP contribution in [0.2, 0.25) is 0 Å². The number of hydrogen-bond donors (Lipinski definition) is 3. The van der Waals surface area contributed by atoms with E-state index in [4.69, 9.17) is 0 Å². The van der Waals surface area contributed by atoms with E-state index in [-0.39, 0.29) is 29.9 Å². The van der Waals surface area contributed by atoms with Gasteiger partial charge in [-0.1, -0.05) is 18.6 Å². The molecule has 0 aliphatic carbocycles. The van der Waals surface area contributed by atoms with E-state index in [0.29, 0.717) is 5.56 Å². The van der Waals surface area contributed by atoms with Gasteiger partial charge >= 0.3 is 0 Å². The van der Waals surface area contributed by atoms with Crippen LogP contribution in [0.4, 0.5) is 0 Å². The maximum atomic E-state index is 11.7. The Hall–Kier alpha value is -1.35. The van der Waals surface area contributed by atoms with E-state index in [2.05, 4.69) is 38.8 Å². The van der Waals surface area contributed by atoms with Gasteiger partial charge in [0.25, 0.3) is 5.91 Å². The van der Waals surface area contributed by atoms with Crippen molar-refractivity contribution in [2.45, 2.75) is 32.6 Å². The summed E-state index contributed by atoms with van der Waals surface area (Å²) in [5.41, 5.74) is 1.84. The van der Waals surface area contributed by atoms with Crippen molar-refractivity contribution in [1.82, 2.24) is 20.9 Å². The van der Waals surface area contributed by atoms with Crippen LogP contribution in [-0.2, 0) is 6.42 Å². The van der Waals surface area contributed by atoms with Crippen molar-refractivity contribution in [2.24, 2.45) is 4.99 Å². The number of nitrogens with one attached hydrogen (secondary N) is 3. The Morgan fingerprint density at radius 3 is 2.67 bits per heavy atom. The molecule has 0 aromatic heterocycles. The predicted octanol–water partition coefficient (Wildman–Crippen LogP) is 2.25. The van der Waals surface area contributed by atoms with Crippen molar-refractivity contribution in [2.75, 3.05) is 46.3 Å². The fourth-order valence-corrected chi connectivity index (χ4v) is 3.17. The molecule has 1 aliphatic rings. The fraction of sp³-hybridized carbons (Fsp3) is 0.600. The molecule has 1 aromatic rings. The molecule has 0 atom stereocenters. The Labute approximate surface area is 180 Å². The molecule has 1 aliphatic heterocycles. The highest BCUT2D eigenvalue weighted by molar-refractivity contribution is 14.0. The first kappa shape index (κ1) is 23.7. The van der Waals surface area contributed by atoms with E-state index in [1.165, 1.54) is 32.4 Å². The zero-order valence-electron chi connectivity index (χ0n) is 16.6. The molecule has 1 aromatic carbocycles. The van der Waals surface area contributed by atoms with E-state index in [1.54, 1.807) is 7.05 Å². The number of guanidine groups is 1. The third-order valence-corrected chi connectivity index (χ3v) is 4.60. The van der Waals surface area contributed by atoms with Crippen LogP contribution in [0.25, 0.3) is 0 Å². The van der Waals surface area contributed by atoms with Gasteiger partial charge in [0.2, 0.25) is 0 Å². The Bertz CT molecular complexity index is 587. The number of aliphatic imine (C=N–C) groups is 1. The summed E-state index contributed by atoms with van der Waals surface area (Å²) in [5.74, 6) is 0.819. The van der Waals surface area contributed by atoms with Crippen molar-refractivity contribution in [1.29, 1.82) is 0 Å². The van der Waals surface area contributed by atoms with Gasteiger partial charge in [-0.2, -0.15) is 0 Å². The van der Waals surface area contributed by atoms with Crippen LogP contribution in [0.15, 0.2) is 29.3 Å². The molecule has 1 heterocycles. The molecule has 0 saturated carbocycles. The molecule has 2 rings (SSSR count). The topological polar surface area (TPSA) is 68.8 Å². The van der Waals surface area contributed by atoms with Gasteiger partial charge in [-0.25, -0.2) is 0 Å². The van der Waals surface area contributed by atoms with E-state index in [9.17, 15) is 4.79 Å². The van der Waals surface area contributed by atoms with Crippen molar-refractivity contribution < 1.29 is 4.79 Å². The van der Waals surface area contributed by atoms with E-state index in [1.807, 2.05) is 18.2 Å². The van der Waals surface area contributed by atoms with Gasteiger partial charge in [0, 0.05) is 32.2 Å². The Kier molecular flexibility index (Phi) is 12.1. The molecule has 27 heavy (non-hydrogen) atoms. The zero-order valence-corrected chi connectivity index (χ0v) is 18.9. The summed E-state index contributed by atoms with van der Waals surface area (Å²) < 4.78 is 0. The normalized spacial score (nSPS) is 15.0. The third-order valence-electron chi connectivity index (χ3n) is 4.60. The summed E-state index contributed by atoms with van der Waals surface area (Å²) in [6.45, 7) is 7.98. The number of benzene rings is 1. The molecule has 3 N–H and O–H groups in total. The first-order valence-electron chi connectivity index (χ1n) is 9.78. The lowest BCUT2D eigenvalue weighted by Crippen LogP contribution is -2.39. The largest absolute Gasteiger partial charge is 0.357 e. The molecule has 0 bridgehead atoms. The number of likely N-dealkylation sites (tertiary alicyclic amines) is 1. The lowest BCUT2D eigenvalue weighted by atomic mass is 10.1. The summed E-state index contributed by atoms with van der Waals surface area (Å²) in [4.78, 5) is 18.9. The SMILES string of the molecule is CCNC(=NCCN1CCCCC1)NCCc1cccc(C(=O)NC)c1.I. The minimum Gasteiger partial charge on any atom is -0.357 e. The summed E-state index contributed by atoms with van der Waals surface area (Å²) in [6.07, 6.45) is 4.85. The highest BCUT2D eigenvalue weighted by Gasteiger charge is 2.09. The number of nitrogens with zero attached hydrogens (tertiary/aromatic N) is 2. The van der Waals surface area contributed by atoms with Crippen LogP contribution < -0.4 is 16.0 Å². The maximum Gasteiger partial charge on any atom is 0.251 e. The number of piperidine rings is 1. The monoisotopic (exact) mass is 487 g/mol. The van der Waals surface area contributed by atoms with Gasteiger partial charge < -0.3 is 20.9 Å². The Balaban J connectivity index is 0.00000364. The number of carbonyl (C=O) groups excluding carboxylic acids is 1. The van der Waals surface area contributed by atoms with Crippen LogP contribution in [0.3, 0.4) is 0 Å². The van der Waals surface area contributed by atoms with Gasteiger partial charge in [0.1, 0.15) is 0 Å². The smallest absolute Gasteiger partial charge is 0.251 e. The number of carbonyl (C=O) groups is 1. The van der Waals surface area contributed by atoms with Crippen molar-refractivity contribution in [3.63, 3.8) is 0 Å². The molecule has 6 nitrogen and oxygen atoms in total. The van der Waals surface area contributed by atoms with E-state index >= 15 is 0 Å². The lowest BCUT2D eigenvalue weighted by molar-refractivity contribution is 0.0963. The second-order valence-electron chi connectivity index (χ2n) is 6.62. The van der Waals surface area contributed by atoms with Crippen molar-refractivity contribution >= 4 is 35.8 Å². The number of hydrogen-bond acceptors (Lipinski definition) is 3. The van der Waals surface area contributed by atoms with Gasteiger partial charge in [-0.05, 0) is 57.0 Å². The highest BCUT2D eigenvalue weighted by atomic mass is 127. The summed E-state index contributed by atoms with van der Waals surface area (Å²) in [6, 6.07) is 7.76. The molecule has 1 saturated heterocycles. The predicted molar refractivity (Wildman–Crippen MR) is 123 cm³/mol. The van der Waals surface area contributed by atoms with Gasteiger partial charge in [-0.15, -0.1) is 24.0 Å². The summed E-state index contributed by atoms with van der Waals surface area (Å²) in [7, 11) is 1.65. The second-order valence-corrected chi connectivity index (χ2v) is 6.62. The van der Waals surface area contributed by atoms with Crippen LogP contribution in [0, 0.1) is 0 Å². The minimum absolute atomic E-state index is 0. The molecule has 0 spiro atoms. The van der Waals surface area contributed by atoms with E-state index < -0.39 is 0 Å². The molecule has 152 valence electrons. The minimum atomic E-state index is -0.0487. The van der Waals surface area contributed by atoms with Crippen molar-refractivity contribution in [3.05, 3.63) is 35.4 Å². The maximum absolute atomic E-state index is 11.7. The number of halogens is 1. The number of amides is 1. The van der Waals surface area contributed by atoms with Gasteiger partial charge in [-0.3, -0.25) is 9.79 Å². The van der Waals surface area contributed by atoms with Crippen LogP contribution in [0.1, 0.15) is 42.1 Å². The quantitative estimate of drug-likeness (QED) is 0.299. The molecule has 1 amide bonds. The number of rotatable bonds is 8. The van der Waals surface area contributed by atoms with Crippen LogP contribution >= 0.6 is 24.0 Å². The average Bonchev–Trinajstić information content (AvgIpc) is 2.68. The van der Waals surface area contributed by atoms with Gasteiger partial charge in [0.05, 0.1) is 6.54 Å². The van der Waals surface area contributed by atoms with Crippen molar-refractivity contribution in [3.8, 4) is 0 Å². The second kappa shape index (κ2) is 13.8. The fourth-order valence-electron chi connectivity index (χ4n) is 3.17. The standard InChI is InChI=1S/C20H33N5O.HI/c1-3-22-20(24-12-15-25-13-5-4-6-14-25)23-11-10-17-8-7-9-18(16-17)19(26)21-2;/h7-9,16H,3-6,10-15H2,1-2H3,(H,21,26)(H2,22,23,24);1H. The highest BCUT2D eigenvalue weighted by Crippen LogP contribution is 2.08. The summed E-state index contributed by atoms with van der Waals surface area (Å²) in [5, 5.41) is 9.35. The summed E-state index contributed by atoms with van der Waals surface area (Å²) >= 11 is 0.